The van der Waals surface area contributed by atoms with Gasteiger partial charge in [0.15, 0.2) is 5.82 Å². The smallest absolute Gasteiger partial charge is 0.209 e. The molecule has 108 valence electrons. The lowest BCUT2D eigenvalue weighted by Gasteiger charge is -1.96. The number of aromatic amines is 2. The molecular formula is C17H14N4S. The normalized spacial score (nSPS) is 11.1. The van der Waals surface area contributed by atoms with Gasteiger partial charge in [-0.3, -0.25) is 5.10 Å². The zero-order valence-corrected chi connectivity index (χ0v) is 12.6. The zero-order valence-electron chi connectivity index (χ0n) is 11.8. The van der Waals surface area contributed by atoms with Gasteiger partial charge in [-0.2, -0.15) is 4.98 Å². The van der Waals surface area contributed by atoms with Crippen molar-refractivity contribution in [1.82, 2.24) is 20.2 Å². The molecule has 0 unspecified atom stereocenters. The van der Waals surface area contributed by atoms with Crippen molar-refractivity contribution in [2.75, 3.05) is 0 Å². The van der Waals surface area contributed by atoms with Crippen LogP contribution < -0.4 is 0 Å². The summed E-state index contributed by atoms with van der Waals surface area (Å²) in [4.78, 5) is 7.91. The molecule has 0 bridgehead atoms. The van der Waals surface area contributed by atoms with Crippen molar-refractivity contribution in [3.8, 4) is 11.5 Å². The van der Waals surface area contributed by atoms with Gasteiger partial charge in [-0.05, 0) is 17.7 Å². The van der Waals surface area contributed by atoms with Crippen LogP contribution in [0.15, 0.2) is 65.8 Å². The molecular weight excluding hydrogens is 292 g/mol. The molecule has 2 aromatic heterocycles. The zero-order chi connectivity index (χ0) is 14.8. The molecule has 0 atom stereocenters. The van der Waals surface area contributed by atoms with Crippen LogP contribution in [0, 0.1) is 0 Å². The number of hydrogen-bond donors (Lipinski definition) is 2. The van der Waals surface area contributed by atoms with Crippen molar-refractivity contribution in [2.24, 2.45) is 0 Å². The number of rotatable bonds is 4. The minimum atomic E-state index is 0.762. The fourth-order valence-electron chi connectivity index (χ4n) is 2.35. The van der Waals surface area contributed by atoms with Crippen molar-refractivity contribution in [1.29, 1.82) is 0 Å². The Morgan fingerprint density at radius 3 is 2.64 bits per heavy atom. The predicted octanol–water partition coefficient (Wildman–Crippen LogP) is 4.25. The number of hydrogen-bond acceptors (Lipinski definition) is 3. The molecule has 0 spiro atoms. The third-order valence-electron chi connectivity index (χ3n) is 3.46. The van der Waals surface area contributed by atoms with E-state index < -0.39 is 0 Å². The number of H-pyrrole nitrogens is 2. The molecule has 2 aromatic carbocycles. The third kappa shape index (κ3) is 2.63. The SMILES string of the molecule is c1ccc(CSc2n[nH]c(-c3cc4ccccc4[nH]3)n2)cc1. The largest absolute Gasteiger partial charge is 0.352 e. The molecule has 0 saturated heterocycles. The molecule has 4 aromatic rings. The molecule has 0 saturated carbocycles. The highest BCUT2D eigenvalue weighted by Gasteiger charge is 2.09. The van der Waals surface area contributed by atoms with E-state index in [-0.39, 0.29) is 0 Å². The number of benzene rings is 2. The third-order valence-corrected chi connectivity index (χ3v) is 4.38. The minimum absolute atomic E-state index is 0.762. The van der Waals surface area contributed by atoms with E-state index in [1.807, 2.05) is 30.3 Å². The summed E-state index contributed by atoms with van der Waals surface area (Å²) in [7, 11) is 0. The van der Waals surface area contributed by atoms with Crippen LogP contribution >= 0.6 is 11.8 Å². The van der Waals surface area contributed by atoms with E-state index in [2.05, 4.69) is 50.5 Å². The highest BCUT2D eigenvalue weighted by Crippen LogP contribution is 2.24. The van der Waals surface area contributed by atoms with Gasteiger partial charge < -0.3 is 4.98 Å². The van der Waals surface area contributed by atoms with Crippen LogP contribution in [0.1, 0.15) is 5.56 Å². The molecule has 0 aliphatic carbocycles. The quantitative estimate of drug-likeness (QED) is 0.554. The second kappa shape index (κ2) is 5.69. The number of aromatic nitrogens is 4. The average Bonchev–Trinajstić information content (AvgIpc) is 3.20. The van der Waals surface area contributed by atoms with Crippen molar-refractivity contribution in [3.05, 3.63) is 66.2 Å². The maximum absolute atomic E-state index is 4.56. The van der Waals surface area contributed by atoms with E-state index >= 15 is 0 Å². The summed E-state index contributed by atoms with van der Waals surface area (Å²) >= 11 is 1.63. The number of fused-ring (bicyclic) bond motifs is 1. The fraction of sp³-hybridized carbons (Fsp3) is 0.0588. The molecule has 0 amide bonds. The average molecular weight is 306 g/mol. The van der Waals surface area contributed by atoms with Crippen LogP contribution in [0.5, 0.6) is 0 Å². The molecule has 5 heteroatoms. The Balaban J connectivity index is 1.53. The lowest BCUT2D eigenvalue weighted by molar-refractivity contribution is 0.973. The van der Waals surface area contributed by atoms with Crippen molar-refractivity contribution >= 4 is 22.7 Å². The number of nitrogens with zero attached hydrogens (tertiary/aromatic N) is 2. The first kappa shape index (κ1) is 13.2. The first-order valence-electron chi connectivity index (χ1n) is 7.06. The number of nitrogens with one attached hydrogen (secondary N) is 2. The van der Waals surface area contributed by atoms with Crippen molar-refractivity contribution < 1.29 is 0 Å². The van der Waals surface area contributed by atoms with Crippen LogP contribution in [-0.2, 0) is 5.75 Å². The molecule has 0 aliphatic heterocycles. The molecule has 4 nitrogen and oxygen atoms in total. The van der Waals surface area contributed by atoms with E-state index in [1.54, 1.807) is 11.8 Å². The fourth-order valence-corrected chi connectivity index (χ4v) is 3.11. The van der Waals surface area contributed by atoms with Crippen LogP contribution in [0.4, 0.5) is 0 Å². The number of thioether (sulfide) groups is 1. The molecule has 0 aliphatic rings. The van der Waals surface area contributed by atoms with Gasteiger partial charge in [-0.25, -0.2) is 0 Å². The molecule has 2 heterocycles. The number of para-hydroxylation sites is 1. The second-order valence-corrected chi connectivity index (χ2v) is 5.95. The first-order chi connectivity index (χ1) is 10.9. The molecule has 2 N–H and O–H groups in total. The van der Waals surface area contributed by atoms with Crippen LogP contribution in [0.3, 0.4) is 0 Å². The Hall–Kier alpha value is -2.53. The van der Waals surface area contributed by atoms with E-state index in [9.17, 15) is 0 Å². The maximum Gasteiger partial charge on any atom is 0.209 e. The highest BCUT2D eigenvalue weighted by atomic mass is 32.2. The Morgan fingerprint density at radius 2 is 1.77 bits per heavy atom. The Morgan fingerprint density at radius 1 is 0.955 bits per heavy atom. The Labute approximate surface area is 132 Å². The minimum Gasteiger partial charge on any atom is -0.352 e. The molecule has 0 radical (unpaired) electrons. The molecule has 0 fully saturated rings. The predicted molar refractivity (Wildman–Crippen MR) is 89.7 cm³/mol. The van der Waals surface area contributed by atoms with E-state index in [0.29, 0.717) is 0 Å². The summed E-state index contributed by atoms with van der Waals surface area (Å²) in [5.74, 6) is 1.64. The lowest BCUT2D eigenvalue weighted by Crippen LogP contribution is -1.81. The second-order valence-electron chi connectivity index (χ2n) is 5.01. The van der Waals surface area contributed by atoms with E-state index in [1.165, 1.54) is 10.9 Å². The van der Waals surface area contributed by atoms with Gasteiger partial charge in [0.2, 0.25) is 5.16 Å². The van der Waals surface area contributed by atoms with Crippen LogP contribution in [0.2, 0.25) is 0 Å². The van der Waals surface area contributed by atoms with Gasteiger partial charge in [-0.15, -0.1) is 5.10 Å². The van der Waals surface area contributed by atoms with E-state index in [4.69, 9.17) is 0 Å². The van der Waals surface area contributed by atoms with Gasteiger partial charge >= 0.3 is 0 Å². The summed E-state index contributed by atoms with van der Waals surface area (Å²) < 4.78 is 0. The highest BCUT2D eigenvalue weighted by molar-refractivity contribution is 7.98. The van der Waals surface area contributed by atoms with Crippen molar-refractivity contribution in [3.63, 3.8) is 0 Å². The van der Waals surface area contributed by atoms with Gasteiger partial charge in [0.05, 0.1) is 5.69 Å². The van der Waals surface area contributed by atoms with Crippen LogP contribution in [-0.4, -0.2) is 20.2 Å². The summed E-state index contributed by atoms with van der Waals surface area (Å²) in [5.41, 5.74) is 3.33. The van der Waals surface area contributed by atoms with Gasteiger partial charge in [0.1, 0.15) is 0 Å². The first-order valence-corrected chi connectivity index (χ1v) is 8.04. The summed E-state index contributed by atoms with van der Waals surface area (Å²) in [6.07, 6.45) is 0. The Kier molecular flexibility index (Phi) is 3.40. The standard InChI is InChI=1S/C17H14N4S/c1-2-6-12(7-3-1)11-22-17-19-16(20-21-17)15-10-13-8-4-5-9-14(13)18-15/h1-10,18H,11H2,(H,19,20,21). The molecule has 4 rings (SSSR count). The topological polar surface area (TPSA) is 57.4 Å². The van der Waals surface area contributed by atoms with Gasteiger partial charge in [-0.1, -0.05) is 60.3 Å². The van der Waals surface area contributed by atoms with E-state index in [0.717, 1.165) is 27.9 Å². The summed E-state index contributed by atoms with van der Waals surface area (Å²) in [6.45, 7) is 0. The van der Waals surface area contributed by atoms with Crippen LogP contribution in [0.25, 0.3) is 22.4 Å². The summed E-state index contributed by atoms with van der Waals surface area (Å²) in [6, 6.07) is 20.6. The molecule has 22 heavy (non-hydrogen) atoms. The van der Waals surface area contributed by atoms with Gasteiger partial charge in [0.25, 0.3) is 0 Å². The van der Waals surface area contributed by atoms with Crippen molar-refractivity contribution in [2.45, 2.75) is 10.9 Å². The monoisotopic (exact) mass is 306 g/mol. The van der Waals surface area contributed by atoms with Gasteiger partial charge in [0, 0.05) is 16.7 Å². The Bertz CT molecular complexity index is 862. The maximum atomic E-state index is 4.56. The lowest BCUT2D eigenvalue weighted by atomic mass is 10.2. The summed E-state index contributed by atoms with van der Waals surface area (Å²) in [5, 5.41) is 9.23.